The van der Waals surface area contributed by atoms with Crippen LogP contribution in [0.4, 0.5) is 0 Å². The summed E-state index contributed by atoms with van der Waals surface area (Å²) in [5.74, 6) is 2.44. The van der Waals surface area contributed by atoms with E-state index in [1.165, 1.54) is 24.6 Å². The van der Waals surface area contributed by atoms with Crippen molar-refractivity contribution in [2.45, 2.75) is 50.9 Å². The third-order valence-electron chi connectivity index (χ3n) is 5.31. The largest absolute Gasteiger partial charge is 0.454 e. The number of thioether (sulfide) groups is 1. The molecule has 1 aliphatic heterocycles. The van der Waals surface area contributed by atoms with Crippen molar-refractivity contribution in [3.63, 3.8) is 0 Å². The van der Waals surface area contributed by atoms with Crippen LogP contribution in [0.5, 0.6) is 11.5 Å². The summed E-state index contributed by atoms with van der Waals surface area (Å²) in [5, 5.41) is 13.2. The Hall–Kier alpha value is -2.71. The predicted octanol–water partition coefficient (Wildman–Crippen LogP) is 5.32. The molecule has 33 heavy (non-hydrogen) atoms. The number of hydrogen-bond acceptors (Lipinski definition) is 6. The van der Waals surface area contributed by atoms with Crippen LogP contribution in [0, 0.1) is 0 Å². The van der Waals surface area contributed by atoms with Crippen LogP contribution in [0.2, 0.25) is 5.02 Å². The van der Waals surface area contributed by atoms with Crippen molar-refractivity contribution in [3.05, 3.63) is 53.1 Å². The van der Waals surface area contributed by atoms with Gasteiger partial charge in [-0.05, 0) is 48.4 Å². The number of carbonyl (C=O) groups excluding carboxylic acids is 1. The molecular formula is C24H27ClN4O3S. The maximum absolute atomic E-state index is 12.5. The molecule has 0 unspecified atom stereocenters. The van der Waals surface area contributed by atoms with E-state index in [9.17, 15) is 4.79 Å². The number of aromatic nitrogens is 3. The number of halogens is 1. The van der Waals surface area contributed by atoms with Gasteiger partial charge in [0.05, 0.1) is 5.75 Å². The molecule has 3 aromatic rings. The smallest absolute Gasteiger partial charge is 0.231 e. The van der Waals surface area contributed by atoms with E-state index >= 15 is 0 Å². The van der Waals surface area contributed by atoms with Crippen molar-refractivity contribution in [1.29, 1.82) is 0 Å². The third-order valence-corrected chi connectivity index (χ3v) is 6.53. The number of amides is 1. The monoisotopic (exact) mass is 486 g/mol. The van der Waals surface area contributed by atoms with E-state index in [2.05, 4.69) is 27.0 Å². The minimum Gasteiger partial charge on any atom is -0.454 e. The average Bonchev–Trinajstić information content (AvgIpc) is 3.46. The average molecular weight is 487 g/mol. The number of fused-ring (bicyclic) bond motifs is 1. The Morgan fingerprint density at radius 2 is 1.91 bits per heavy atom. The molecule has 1 aromatic heterocycles. The zero-order valence-corrected chi connectivity index (χ0v) is 20.1. The minimum absolute atomic E-state index is 0.0637. The van der Waals surface area contributed by atoms with Gasteiger partial charge in [0.2, 0.25) is 12.7 Å². The van der Waals surface area contributed by atoms with Crippen LogP contribution in [0.3, 0.4) is 0 Å². The number of hydrogen-bond donors (Lipinski definition) is 1. The number of ether oxygens (including phenoxy) is 2. The number of nitrogens with zero attached hydrogens (tertiary/aromatic N) is 3. The highest BCUT2D eigenvalue weighted by Gasteiger charge is 2.16. The quantitative estimate of drug-likeness (QED) is 0.292. The summed E-state index contributed by atoms with van der Waals surface area (Å²) in [6.45, 7) is 3.67. The van der Waals surface area contributed by atoms with Crippen LogP contribution in [-0.2, 0) is 17.9 Å². The normalized spacial score (nSPS) is 12.2. The van der Waals surface area contributed by atoms with Crippen molar-refractivity contribution in [2.75, 3.05) is 12.5 Å². The van der Waals surface area contributed by atoms with E-state index in [4.69, 9.17) is 21.1 Å². The molecule has 0 fully saturated rings. The molecular weight excluding hydrogens is 460 g/mol. The van der Waals surface area contributed by atoms with Crippen molar-refractivity contribution >= 4 is 29.3 Å². The van der Waals surface area contributed by atoms with Gasteiger partial charge in [-0.25, -0.2) is 0 Å². The van der Waals surface area contributed by atoms with E-state index in [1.54, 1.807) is 0 Å². The molecule has 174 valence electrons. The van der Waals surface area contributed by atoms with Gasteiger partial charge in [0, 0.05) is 23.7 Å². The number of carbonyl (C=O) groups is 1. The minimum atomic E-state index is -0.0637. The van der Waals surface area contributed by atoms with Crippen LogP contribution >= 0.6 is 23.4 Å². The standard InChI is InChI=1S/C24H27ClN4O3S/c1-2-3-4-5-12-29-23(18-7-9-19(25)10-8-18)27-28-24(29)33-15-22(30)26-14-17-6-11-20-21(13-17)32-16-31-20/h6-11,13H,2-5,12,14-16H2,1H3,(H,26,30). The fourth-order valence-corrected chi connectivity index (χ4v) is 4.46. The lowest BCUT2D eigenvalue weighted by Gasteiger charge is -2.11. The molecule has 1 aliphatic rings. The molecule has 4 rings (SSSR count). The first kappa shape index (κ1) is 23.4. The molecule has 0 spiro atoms. The van der Waals surface area contributed by atoms with E-state index in [-0.39, 0.29) is 18.5 Å². The first-order valence-corrected chi connectivity index (χ1v) is 12.5. The lowest BCUT2D eigenvalue weighted by Crippen LogP contribution is -2.24. The fraction of sp³-hybridized carbons (Fsp3) is 0.375. The molecule has 7 nitrogen and oxygen atoms in total. The number of unbranched alkanes of at least 4 members (excludes halogenated alkanes) is 3. The van der Waals surface area contributed by atoms with E-state index < -0.39 is 0 Å². The molecule has 1 amide bonds. The highest BCUT2D eigenvalue weighted by atomic mass is 35.5. The van der Waals surface area contributed by atoms with Crippen LogP contribution in [0.1, 0.15) is 38.2 Å². The van der Waals surface area contributed by atoms with Crippen molar-refractivity contribution < 1.29 is 14.3 Å². The first-order valence-electron chi connectivity index (χ1n) is 11.1. The molecule has 2 heterocycles. The summed E-state index contributed by atoms with van der Waals surface area (Å²) in [7, 11) is 0. The molecule has 9 heteroatoms. The van der Waals surface area contributed by atoms with Gasteiger partial charge in [-0.15, -0.1) is 10.2 Å². The molecule has 1 N–H and O–H groups in total. The second-order valence-electron chi connectivity index (χ2n) is 7.78. The van der Waals surface area contributed by atoms with Gasteiger partial charge >= 0.3 is 0 Å². The first-order chi connectivity index (χ1) is 16.1. The molecule has 0 atom stereocenters. The second kappa shape index (κ2) is 11.4. The molecule has 0 saturated carbocycles. The van der Waals surface area contributed by atoms with Crippen molar-refractivity contribution in [1.82, 2.24) is 20.1 Å². The van der Waals surface area contributed by atoms with Crippen LogP contribution in [-0.4, -0.2) is 33.2 Å². The van der Waals surface area contributed by atoms with Gasteiger partial charge in [-0.2, -0.15) is 0 Å². The Kier molecular flexibility index (Phi) is 8.12. The number of benzene rings is 2. The SMILES string of the molecule is CCCCCCn1c(SCC(=O)NCc2ccc3c(c2)OCO3)nnc1-c1ccc(Cl)cc1. The van der Waals surface area contributed by atoms with Gasteiger partial charge in [0.25, 0.3) is 0 Å². The summed E-state index contributed by atoms with van der Waals surface area (Å²) in [4.78, 5) is 12.5. The van der Waals surface area contributed by atoms with Crippen LogP contribution in [0.25, 0.3) is 11.4 Å². The summed E-state index contributed by atoms with van der Waals surface area (Å²) in [5.41, 5.74) is 1.92. The topological polar surface area (TPSA) is 78.3 Å². The third kappa shape index (κ3) is 6.21. The molecule has 0 bridgehead atoms. The Morgan fingerprint density at radius 3 is 2.73 bits per heavy atom. The van der Waals surface area contributed by atoms with Gasteiger partial charge in [-0.1, -0.05) is 55.6 Å². The van der Waals surface area contributed by atoms with Gasteiger partial charge in [0.1, 0.15) is 0 Å². The van der Waals surface area contributed by atoms with Gasteiger partial charge in [-0.3, -0.25) is 4.79 Å². The van der Waals surface area contributed by atoms with E-state index in [0.29, 0.717) is 17.3 Å². The molecule has 0 saturated heterocycles. The Bertz CT molecular complexity index is 1090. The van der Waals surface area contributed by atoms with Crippen LogP contribution in [0.15, 0.2) is 47.6 Å². The number of rotatable bonds is 11. The van der Waals surface area contributed by atoms with Gasteiger partial charge < -0.3 is 19.4 Å². The lowest BCUT2D eigenvalue weighted by molar-refractivity contribution is -0.118. The predicted molar refractivity (Wildman–Crippen MR) is 130 cm³/mol. The van der Waals surface area contributed by atoms with E-state index in [1.807, 2.05) is 42.5 Å². The van der Waals surface area contributed by atoms with Crippen LogP contribution < -0.4 is 14.8 Å². The zero-order valence-electron chi connectivity index (χ0n) is 18.6. The maximum Gasteiger partial charge on any atom is 0.231 e. The summed E-state index contributed by atoms with van der Waals surface area (Å²) in [6.07, 6.45) is 4.56. The number of nitrogens with one attached hydrogen (secondary N) is 1. The summed E-state index contributed by atoms with van der Waals surface area (Å²) >= 11 is 7.44. The lowest BCUT2D eigenvalue weighted by atomic mass is 10.2. The molecule has 0 radical (unpaired) electrons. The highest BCUT2D eigenvalue weighted by Crippen LogP contribution is 2.32. The summed E-state index contributed by atoms with van der Waals surface area (Å²) < 4.78 is 12.8. The molecule has 2 aromatic carbocycles. The van der Waals surface area contributed by atoms with Crippen molar-refractivity contribution in [3.8, 4) is 22.9 Å². The Balaban J connectivity index is 1.37. The van der Waals surface area contributed by atoms with Gasteiger partial charge in [0.15, 0.2) is 22.5 Å². The fourth-order valence-electron chi connectivity index (χ4n) is 3.54. The molecule has 0 aliphatic carbocycles. The zero-order chi connectivity index (χ0) is 23.0. The van der Waals surface area contributed by atoms with Crippen molar-refractivity contribution in [2.24, 2.45) is 0 Å². The Morgan fingerprint density at radius 1 is 1.09 bits per heavy atom. The summed E-state index contributed by atoms with van der Waals surface area (Å²) in [6, 6.07) is 13.3. The van der Waals surface area contributed by atoms with E-state index in [0.717, 1.165) is 47.2 Å². The second-order valence-corrected chi connectivity index (χ2v) is 9.16. The Labute approximate surface area is 202 Å². The maximum atomic E-state index is 12.5. The highest BCUT2D eigenvalue weighted by molar-refractivity contribution is 7.99.